The number of nitrogens with two attached hydrogens (primary N) is 2. The van der Waals surface area contributed by atoms with Crippen molar-refractivity contribution in [1.29, 1.82) is 0 Å². The number of carbonyl (C=O) groups excluding carboxylic acids is 1. The first-order chi connectivity index (χ1) is 16.5. The van der Waals surface area contributed by atoms with Crippen molar-refractivity contribution in [3.05, 3.63) is 66.1 Å². The predicted molar refractivity (Wildman–Crippen MR) is 134 cm³/mol. The molecule has 8 nitrogen and oxygen atoms in total. The molecule has 0 spiro atoms. The molecule has 1 aliphatic heterocycles. The van der Waals surface area contributed by atoms with E-state index in [1.807, 2.05) is 31.5 Å². The Morgan fingerprint density at radius 2 is 1.88 bits per heavy atom. The summed E-state index contributed by atoms with van der Waals surface area (Å²) in [7, 11) is 0. The predicted octanol–water partition coefficient (Wildman–Crippen LogP) is 3.35. The van der Waals surface area contributed by atoms with Gasteiger partial charge in [-0.3, -0.25) is 14.7 Å². The lowest BCUT2D eigenvalue weighted by Gasteiger charge is -2.32. The molecule has 0 radical (unpaired) electrons. The van der Waals surface area contributed by atoms with Crippen LogP contribution in [0.1, 0.15) is 35.8 Å². The maximum atomic E-state index is 12.6. The molecule has 0 saturated carbocycles. The summed E-state index contributed by atoms with van der Waals surface area (Å²) in [5.41, 5.74) is 16.3. The number of nitrogens with zero attached hydrogens (tertiary/aromatic N) is 3. The molecule has 1 saturated heterocycles. The number of likely N-dealkylation sites (tertiary alicyclic amines) is 1. The lowest BCUT2D eigenvalue weighted by Crippen LogP contribution is -2.38. The normalized spacial score (nSPS) is 14.6. The molecule has 5 N–H and O–H groups in total. The summed E-state index contributed by atoms with van der Waals surface area (Å²) in [5, 5.41) is 3.00. The topological polar surface area (TPSA) is 119 Å². The number of aromatic nitrogens is 2. The Kier molecular flexibility index (Phi) is 7.59. The first kappa shape index (κ1) is 23.5. The number of nitrogen functional groups attached to an aromatic ring is 2. The van der Waals surface area contributed by atoms with Gasteiger partial charge < -0.3 is 21.5 Å². The van der Waals surface area contributed by atoms with Crippen LogP contribution in [-0.2, 0) is 6.54 Å². The standard InChI is InChI=1S/C26H32N6O2/c1-2-34-26-24(28)22(27)15-23(31-26)25(33)30-16-18-8-12-32(13-9-18)17-19-4-3-5-21(14-19)20-6-10-29-11-7-20/h3-7,10-11,14-15,18H,2,8-9,12-13,16-17,28H2,1H3,(H2,27,31)(H,30,33). The number of amides is 1. The molecule has 4 rings (SSSR count). The summed E-state index contributed by atoms with van der Waals surface area (Å²) in [6, 6.07) is 14.2. The average molecular weight is 461 g/mol. The minimum absolute atomic E-state index is 0.203. The molecule has 3 aromatic rings. The highest BCUT2D eigenvalue weighted by atomic mass is 16.5. The zero-order valence-electron chi connectivity index (χ0n) is 19.5. The van der Waals surface area contributed by atoms with E-state index in [-0.39, 0.29) is 23.2 Å². The van der Waals surface area contributed by atoms with Crippen molar-refractivity contribution >= 4 is 17.3 Å². The SMILES string of the molecule is CCOc1nc(C(=O)NCC2CCN(Cc3cccc(-c4ccncc4)c3)CC2)cc(N)c1N. The molecule has 0 bridgehead atoms. The second-order valence-electron chi connectivity index (χ2n) is 8.61. The van der Waals surface area contributed by atoms with Crippen LogP contribution >= 0.6 is 0 Å². The fraction of sp³-hybridized carbons (Fsp3) is 0.346. The molecular formula is C26H32N6O2. The van der Waals surface area contributed by atoms with Crippen LogP contribution < -0.4 is 21.5 Å². The van der Waals surface area contributed by atoms with Crippen LogP contribution in [0.25, 0.3) is 11.1 Å². The van der Waals surface area contributed by atoms with Gasteiger partial charge in [-0.25, -0.2) is 4.98 Å². The van der Waals surface area contributed by atoms with Crippen molar-refractivity contribution in [2.75, 3.05) is 37.7 Å². The van der Waals surface area contributed by atoms with Crippen LogP contribution in [0.5, 0.6) is 5.88 Å². The summed E-state index contributed by atoms with van der Waals surface area (Å²) < 4.78 is 5.39. The van der Waals surface area contributed by atoms with Gasteiger partial charge in [0, 0.05) is 25.5 Å². The van der Waals surface area contributed by atoms with Gasteiger partial charge in [0.2, 0.25) is 5.88 Å². The zero-order chi connectivity index (χ0) is 23.9. The number of anilines is 2. The number of nitrogens with one attached hydrogen (secondary N) is 1. The highest BCUT2D eigenvalue weighted by Gasteiger charge is 2.21. The lowest BCUT2D eigenvalue weighted by atomic mass is 9.96. The largest absolute Gasteiger partial charge is 0.476 e. The van der Waals surface area contributed by atoms with Gasteiger partial charge in [-0.15, -0.1) is 0 Å². The van der Waals surface area contributed by atoms with Crippen molar-refractivity contribution in [3.63, 3.8) is 0 Å². The third-order valence-electron chi connectivity index (χ3n) is 6.17. The number of benzene rings is 1. The van der Waals surface area contributed by atoms with Crippen LogP contribution in [0, 0.1) is 5.92 Å². The van der Waals surface area contributed by atoms with E-state index >= 15 is 0 Å². The summed E-state index contributed by atoms with van der Waals surface area (Å²) in [6.45, 7) is 5.76. The smallest absolute Gasteiger partial charge is 0.270 e. The van der Waals surface area contributed by atoms with E-state index in [0.29, 0.717) is 24.8 Å². The van der Waals surface area contributed by atoms with E-state index in [2.05, 4.69) is 44.5 Å². The molecule has 1 fully saturated rings. The van der Waals surface area contributed by atoms with Crippen LogP contribution in [0.4, 0.5) is 11.4 Å². The van der Waals surface area contributed by atoms with Crippen molar-refractivity contribution in [3.8, 4) is 17.0 Å². The Bertz CT molecular complexity index is 1110. The van der Waals surface area contributed by atoms with Gasteiger partial charge in [0.1, 0.15) is 11.4 Å². The van der Waals surface area contributed by atoms with Crippen LogP contribution in [0.2, 0.25) is 0 Å². The molecular weight excluding hydrogens is 428 g/mol. The highest BCUT2D eigenvalue weighted by molar-refractivity contribution is 5.94. The van der Waals surface area contributed by atoms with E-state index in [9.17, 15) is 4.79 Å². The number of ether oxygens (including phenoxy) is 1. The van der Waals surface area contributed by atoms with Gasteiger partial charge in [0.05, 0.1) is 12.3 Å². The molecule has 178 valence electrons. The lowest BCUT2D eigenvalue weighted by molar-refractivity contribution is 0.0929. The van der Waals surface area contributed by atoms with Gasteiger partial charge in [-0.05, 0) is 79.7 Å². The van der Waals surface area contributed by atoms with Crippen LogP contribution in [-0.4, -0.2) is 47.0 Å². The van der Waals surface area contributed by atoms with Gasteiger partial charge in [-0.2, -0.15) is 0 Å². The second kappa shape index (κ2) is 11.0. The van der Waals surface area contributed by atoms with E-state index in [1.165, 1.54) is 22.8 Å². The molecule has 0 atom stereocenters. The Morgan fingerprint density at radius 1 is 1.12 bits per heavy atom. The van der Waals surface area contributed by atoms with Gasteiger partial charge in [-0.1, -0.05) is 18.2 Å². The number of hydrogen-bond acceptors (Lipinski definition) is 7. The third kappa shape index (κ3) is 5.82. The molecule has 34 heavy (non-hydrogen) atoms. The Hall–Kier alpha value is -3.65. The minimum atomic E-state index is -0.261. The van der Waals surface area contributed by atoms with Gasteiger partial charge >= 0.3 is 0 Å². The summed E-state index contributed by atoms with van der Waals surface area (Å²) in [5.74, 6) is 0.373. The van der Waals surface area contributed by atoms with E-state index in [4.69, 9.17) is 16.2 Å². The highest BCUT2D eigenvalue weighted by Crippen LogP contribution is 2.26. The quantitative estimate of drug-likeness (QED) is 0.471. The van der Waals surface area contributed by atoms with E-state index in [0.717, 1.165) is 32.5 Å². The van der Waals surface area contributed by atoms with Gasteiger partial charge in [0.25, 0.3) is 5.91 Å². The van der Waals surface area contributed by atoms with Crippen LogP contribution in [0.3, 0.4) is 0 Å². The molecule has 0 unspecified atom stereocenters. The van der Waals surface area contributed by atoms with E-state index < -0.39 is 0 Å². The Labute approximate surface area is 200 Å². The number of hydrogen-bond donors (Lipinski definition) is 3. The van der Waals surface area contributed by atoms with Crippen molar-refractivity contribution in [2.24, 2.45) is 5.92 Å². The second-order valence-corrected chi connectivity index (χ2v) is 8.61. The fourth-order valence-corrected chi connectivity index (χ4v) is 4.24. The molecule has 2 aromatic heterocycles. The Balaban J connectivity index is 1.27. The maximum Gasteiger partial charge on any atom is 0.270 e. The number of carbonyl (C=O) groups is 1. The first-order valence-corrected chi connectivity index (χ1v) is 11.7. The fourth-order valence-electron chi connectivity index (χ4n) is 4.24. The number of rotatable bonds is 8. The maximum absolute atomic E-state index is 12.6. The van der Waals surface area contributed by atoms with Crippen molar-refractivity contribution in [2.45, 2.75) is 26.3 Å². The van der Waals surface area contributed by atoms with Crippen molar-refractivity contribution in [1.82, 2.24) is 20.2 Å². The molecule has 1 aliphatic rings. The summed E-state index contributed by atoms with van der Waals surface area (Å²) >= 11 is 0. The molecule has 1 amide bonds. The first-order valence-electron chi connectivity index (χ1n) is 11.7. The van der Waals surface area contributed by atoms with Crippen LogP contribution in [0.15, 0.2) is 54.9 Å². The minimum Gasteiger partial charge on any atom is -0.476 e. The monoisotopic (exact) mass is 460 g/mol. The number of pyridine rings is 2. The molecule has 8 heteroatoms. The molecule has 1 aromatic carbocycles. The Morgan fingerprint density at radius 3 is 2.62 bits per heavy atom. The molecule has 3 heterocycles. The van der Waals surface area contributed by atoms with Crippen molar-refractivity contribution < 1.29 is 9.53 Å². The average Bonchev–Trinajstić information content (AvgIpc) is 2.87. The third-order valence-corrected chi connectivity index (χ3v) is 6.17. The zero-order valence-corrected chi connectivity index (χ0v) is 19.5. The number of piperidine rings is 1. The summed E-state index contributed by atoms with van der Waals surface area (Å²) in [6.07, 6.45) is 5.71. The van der Waals surface area contributed by atoms with Gasteiger partial charge in [0.15, 0.2) is 0 Å². The molecule has 0 aliphatic carbocycles. The van der Waals surface area contributed by atoms with E-state index in [1.54, 1.807) is 0 Å². The summed E-state index contributed by atoms with van der Waals surface area (Å²) in [4.78, 5) is 23.4.